The average molecular weight is 470 g/mol. The Morgan fingerprint density at radius 3 is 2.40 bits per heavy atom. The summed E-state index contributed by atoms with van der Waals surface area (Å²) >= 11 is 0. The molecule has 0 spiro atoms. The topological polar surface area (TPSA) is 51.5 Å². The second-order valence-corrected chi connectivity index (χ2v) is 10.0. The van der Waals surface area contributed by atoms with E-state index in [2.05, 4.69) is 51.1 Å². The zero-order valence-corrected chi connectivity index (χ0v) is 21.0. The predicted octanol–water partition coefficient (Wildman–Crippen LogP) is 7.61. The van der Waals surface area contributed by atoms with Crippen LogP contribution in [0, 0.1) is 11.3 Å². The molecule has 0 aliphatic carbocycles. The molecule has 0 saturated carbocycles. The lowest BCUT2D eigenvalue weighted by Crippen LogP contribution is -2.35. The van der Waals surface area contributed by atoms with Crippen molar-refractivity contribution < 1.29 is 14.2 Å². The molecule has 182 valence electrons. The number of aryl methyl sites for hydroxylation is 1. The van der Waals surface area contributed by atoms with Crippen LogP contribution >= 0.6 is 0 Å². The highest BCUT2D eigenvalue weighted by molar-refractivity contribution is 5.54. The third-order valence-electron chi connectivity index (χ3n) is 6.44. The summed E-state index contributed by atoms with van der Waals surface area (Å²) in [5, 5.41) is 9.50. The van der Waals surface area contributed by atoms with Gasteiger partial charge < -0.3 is 14.2 Å². The van der Waals surface area contributed by atoms with E-state index < -0.39 is 0 Å². The molecule has 0 aromatic heterocycles. The second kappa shape index (κ2) is 11.3. The first kappa shape index (κ1) is 24.7. The van der Waals surface area contributed by atoms with Gasteiger partial charge >= 0.3 is 0 Å². The van der Waals surface area contributed by atoms with E-state index in [1.165, 1.54) is 5.56 Å². The van der Waals surface area contributed by atoms with Crippen LogP contribution < -0.4 is 14.2 Å². The summed E-state index contributed by atoms with van der Waals surface area (Å²) in [4.78, 5) is 0. The van der Waals surface area contributed by atoms with E-state index in [0.29, 0.717) is 13.0 Å². The third kappa shape index (κ3) is 6.79. The van der Waals surface area contributed by atoms with Crippen LogP contribution in [0.5, 0.6) is 17.2 Å². The summed E-state index contributed by atoms with van der Waals surface area (Å²) in [6.45, 7) is 6.71. The van der Waals surface area contributed by atoms with Crippen molar-refractivity contribution >= 4 is 0 Å². The van der Waals surface area contributed by atoms with E-state index >= 15 is 0 Å². The highest BCUT2D eigenvalue weighted by Gasteiger charge is 2.36. The van der Waals surface area contributed by atoms with E-state index in [9.17, 15) is 5.26 Å². The maximum absolute atomic E-state index is 9.50. The summed E-state index contributed by atoms with van der Waals surface area (Å²) in [5.74, 6) is 2.31. The standard InChI is InChI=1S/C31H35NO3/c1-23(11-10-16-24-12-6-4-7-13-24)34-27-19-28(33-22-25-14-8-5-9-15-25)30-26(17-18-32)21-31(2,3)35-29(30)20-27/h4-9,12-15,19-20,23,26H,10-11,16-17,21-22H2,1-3H3. The van der Waals surface area contributed by atoms with Crippen LogP contribution in [-0.4, -0.2) is 11.7 Å². The van der Waals surface area contributed by atoms with Gasteiger partial charge in [-0.3, -0.25) is 0 Å². The van der Waals surface area contributed by atoms with Crippen molar-refractivity contribution in [3.63, 3.8) is 0 Å². The molecule has 0 saturated heterocycles. The normalized spacial score (nSPS) is 16.9. The fourth-order valence-electron chi connectivity index (χ4n) is 4.84. The number of hydrogen-bond donors (Lipinski definition) is 0. The van der Waals surface area contributed by atoms with Crippen molar-refractivity contribution in [3.8, 4) is 23.3 Å². The predicted molar refractivity (Wildman–Crippen MR) is 139 cm³/mol. The fraction of sp³-hybridized carbons (Fsp3) is 0.387. The molecule has 3 aromatic carbocycles. The maximum atomic E-state index is 9.50. The summed E-state index contributed by atoms with van der Waals surface area (Å²) in [7, 11) is 0. The van der Waals surface area contributed by atoms with Gasteiger partial charge in [-0.15, -0.1) is 0 Å². The lowest BCUT2D eigenvalue weighted by Gasteiger charge is -2.38. The molecule has 4 heteroatoms. The second-order valence-electron chi connectivity index (χ2n) is 10.0. The summed E-state index contributed by atoms with van der Waals surface area (Å²) in [5.41, 5.74) is 3.07. The van der Waals surface area contributed by atoms with Crippen LogP contribution in [-0.2, 0) is 13.0 Å². The fourth-order valence-corrected chi connectivity index (χ4v) is 4.84. The van der Waals surface area contributed by atoms with Gasteiger partial charge in [0.05, 0.1) is 12.2 Å². The minimum Gasteiger partial charge on any atom is -0.490 e. The molecule has 1 aliphatic rings. The Hall–Kier alpha value is -3.45. The molecule has 0 fully saturated rings. The zero-order valence-electron chi connectivity index (χ0n) is 21.0. The van der Waals surface area contributed by atoms with Crippen LogP contribution in [0.4, 0.5) is 0 Å². The first-order chi connectivity index (χ1) is 16.9. The van der Waals surface area contributed by atoms with Crippen molar-refractivity contribution in [2.45, 2.75) is 77.1 Å². The lowest BCUT2D eigenvalue weighted by atomic mass is 9.82. The summed E-state index contributed by atoms with van der Waals surface area (Å²) < 4.78 is 19.1. The molecule has 4 nitrogen and oxygen atoms in total. The Morgan fingerprint density at radius 2 is 1.71 bits per heavy atom. The first-order valence-electron chi connectivity index (χ1n) is 12.5. The van der Waals surface area contributed by atoms with Gasteiger partial charge in [-0.25, -0.2) is 0 Å². The number of hydrogen-bond acceptors (Lipinski definition) is 4. The van der Waals surface area contributed by atoms with Gasteiger partial charge in [-0.05, 0) is 57.6 Å². The van der Waals surface area contributed by atoms with Gasteiger partial charge in [-0.2, -0.15) is 5.26 Å². The largest absolute Gasteiger partial charge is 0.490 e. The highest BCUT2D eigenvalue weighted by Crippen LogP contribution is 2.49. The SMILES string of the molecule is CC(CCCc1ccccc1)Oc1cc(OCc2ccccc2)c2c(c1)OC(C)(C)CC2CC#N. The van der Waals surface area contributed by atoms with Gasteiger partial charge in [-0.1, -0.05) is 60.7 Å². The van der Waals surface area contributed by atoms with E-state index in [0.717, 1.165) is 54.1 Å². The molecule has 4 rings (SSSR count). The number of fused-ring (bicyclic) bond motifs is 1. The van der Waals surface area contributed by atoms with Crippen molar-refractivity contribution in [2.24, 2.45) is 0 Å². The van der Waals surface area contributed by atoms with Crippen LogP contribution in [0.25, 0.3) is 0 Å². The van der Waals surface area contributed by atoms with Gasteiger partial charge in [0.2, 0.25) is 0 Å². The molecule has 2 atom stereocenters. The molecule has 0 amide bonds. The molecule has 1 heterocycles. The molecule has 2 unspecified atom stereocenters. The van der Waals surface area contributed by atoms with E-state index in [1.54, 1.807) is 0 Å². The lowest BCUT2D eigenvalue weighted by molar-refractivity contribution is 0.0700. The quantitative estimate of drug-likeness (QED) is 0.306. The van der Waals surface area contributed by atoms with Crippen molar-refractivity contribution in [1.29, 1.82) is 5.26 Å². The van der Waals surface area contributed by atoms with Crippen molar-refractivity contribution in [3.05, 3.63) is 89.5 Å². The summed E-state index contributed by atoms with van der Waals surface area (Å²) in [6.07, 6.45) is 4.31. The monoisotopic (exact) mass is 469 g/mol. The van der Waals surface area contributed by atoms with E-state index in [1.807, 2.05) is 48.5 Å². The molecule has 0 bridgehead atoms. The number of benzene rings is 3. The van der Waals surface area contributed by atoms with E-state index in [-0.39, 0.29) is 17.6 Å². The zero-order chi connectivity index (χ0) is 24.7. The smallest absolute Gasteiger partial charge is 0.131 e. The number of rotatable bonds is 10. The molecule has 0 radical (unpaired) electrons. The minimum atomic E-state index is -0.356. The van der Waals surface area contributed by atoms with Crippen molar-refractivity contribution in [2.75, 3.05) is 0 Å². The Labute approximate surface area is 209 Å². The van der Waals surface area contributed by atoms with Gasteiger partial charge in [0.25, 0.3) is 0 Å². The maximum Gasteiger partial charge on any atom is 0.131 e. The Kier molecular flexibility index (Phi) is 7.98. The molecule has 35 heavy (non-hydrogen) atoms. The minimum absolute atomic E-state index is 0.0573. The molecular formula is C31H35NO3. The van der Waals surface area contributed by atoms with Crippen LogP contribution in [0.1, 0.15) is 69.1 Å². The van der Waals surface area contributed by atoms with E-state index in [4.69, 9.17) is 14.2 Å². The van der Waals surface area contributed by atoms with Crippen LogP contribution in [0.2, 0.25) is 0 Å². The highest BCUT2D eigenvalue weighted by atomic mass is 16.5. The van der Waals surface area contributed by atoms with Gasteiger partial charge in [0.1, 0.15) is 29.5 Å². The Morgan fingerprint density at radius 1 is 1.03 bits per heavy atom. The van der Waals surface area contributed by atoms with Gasteiger partial charge in [0.15, 0.2) is 0 Å². The van der Waals surface area contributed by atoms with Crippen molar-refractivity contribution in [1.82, 2.24) is 0 Å². The van der Waals surface area contributed by atoms with Crippen LogP contribution in [0.3, 0.4) is 0 Å². The average Bonchev–Trinajstić information content (AvgIpc) is 2.83. The third-order valence-corrected chi connectivity index (χ3v) is 6.44. The molecule has 0 N–H and O–H groups in total. The molecule has 1 aliphatic heterocycles. The van der Waals surface area contributed by atoms with Gasteiger partial charge in [0, 0.05) is 30.0 Å². The Balaban J connectivity index is 1.53. The van der Waals surface area contributed by atoms with Crippen LogP contribution in [0.15, 0.2) is 72.8 Å². The summed E-state index contributed by atoms with van der Waals surface area (Å²) in [6, 6.07) is 27.0. The first-order valence-corrected chi connectivity index (χ1v) is 12.5. The number of nitrogens with zero attached hydrogens (tertiary/aromatic N) is 1. The number of ether oxygens (including phenoxy) is 3. The molecular weight excluding hydrogens is 434 g/mol. The molecule has 3 aromatic rings. The number of nitriles is 1. The Bertz CT molecular complexity index is 1140.